The molecule has 0 unspecified atom stereocenters. The maximum atomic E-state index is 13.2. The number of halogens is 1. The Morgan fingerprint density at radius 2 is 1.91 bits per heavy atom. The second-order valence-corrected chi connectivity index (χ2v) is 8.40. The van der Waals surface area contributed by atoms with Crippen LogP contribution in [0.5, 0.6) is 0 Å². The molecule has 2 aromatic carbocycles. The number of hydrogen-bond acceptors (Lipinski definition) is 4. The molecule has 0 saturated heterocycles. The molecule has 170 valence electrons. The number of rotatable bonds is 4. The number of carbonyl (C=O) groups is 1. The molecule has 1 amide bonds. The summed E-state index contributed by atoms with van der Waals surface area (Å²) >= 11 is 0. The van der Waals surface area contributed by atoms with E-state index >= 15 is 0 Å². The van der Waals surface area contributed by atoms with Gasteiger partial charge in [0, 0.05) is 36.6 Å². The van der Waals surface area contributed by atoms with E-state index in [1.807, 2.05) is 37.3 Å². The van der Waals surface area contributed by atoms with Gasteiger partial charge in [-0.3, -0.25) is 4.79 Å². The van der Waals surface area contributed by atoms with Crippen LogP contribution in [0.25, 0.3) is 28.0 Å². The molecular weight excluding hydrogens is 429 g/mol. The van der Waals surface area contributed by atoms with Crippen LogP contribution in [0.2, 0.25) is 0 Å². The summed E-state index contributed by atoms with van der Waals surface area (Å²) in [5.41, 5.74) is 12.9. The lowest BCUT2D eigenvalue weighted by molar-refractivity contribution is 0.0767. The molecule has 7 heteroatoms. The summed E-state index contributed by atoms with van der Waals surface area (Å²) in [6, 6.07) is 16.4. The SMILES string of the molecule is Cc1cccc(-c2cnc(N)nc2-c2c[nH]c(C(=O)N3CC=C(c4ccc(F)cc4)CC3)c2)c1. The standard InChI is InChI=1S/C27H24FN5O/c1-17-3-2-4-20(13-17)23-16-31-27(29)32-25(23)21-14-24(30-15-21)26(34)33-11-9-19(10-12-33)18-5-7-22(28)8-6-18/h2-9,13-16,30H,10-12H2,1H3,(H2,29,31,32). The van der Waals surface area contributed by atoms with E-state index in [9.17, 15) is 9.18 Å². The van der Waals surface area contributed by atoms with Gasteiger partial charge >= 0.3 is 0 Å². The van der Waals surface area contributed by atoms with Crippen molar-refractivity contribution in [1.82, 2.24) is 19.9 Å². The number of benzene rings is 2. The average molecular weight is 454 g/mol. The van der Waals surface area contributed by atoms with Gasteiger partial charge in [-0.25, -0.2) is 14.4 Å². The van der Waals surface area contributed by atoms with Gasteiger partial charge in [0.05, 0.1) is 5.69 Å². The van der Waals surface area contributed by atoms with Crippen molar-refractivity contribution < 1.29 is 9.18 Å². The molecular formula is C27H24FN5O. The second-order valence-electron chi connectivity index (χ2n) is 8.40. The maximum absolute atomic E-state index is 13.2. The van der Waals surface area contributed by atoms with Crippen molar-refractivity contribution in [3.63, 3.8) is 0 Å². The number of anilines is 1. The lowest BCUT2D eigenvalue weighted by atomic mass is 9.99. The molecule has 0 aliphatic carbocycles. The molecule has 3 N–H and O–H groups in total. The van der Waals surface area contributed by atoms with Crippen LogP contribution < -0.4 is 5.73 Å². The Morgan fingerprint density at radius 3 is 2.65 bits per heavy atom. The number of nitrogens with one attached hydrogen (secondary N) is 1. The molecule has 4 aromatic rings. The molecule has 0 spiro atoms. The molecule has 3 heterocycles. The molecule has 6 nitrogen and oxygen atoms in total. The third kappa shape index (κ3) is 4.32. The van der Waals surface area contributed by atoms with Crippen molar-refractivity contribution in [2.75, 3.05) is 18.8 Å². The van der Waals surface area contributed by atoms with E-state index in [0.29, 0.717) is 30.9 Å². The van der Waals surface area contributed by atoms with Crippen molar-refractivity contribution in [2.24, 2.45) is 0 Å². The molecule has 34 heavy (non-hydrogen) atoms. The zero-order chi connectivity index (χ0) is 23.7. The van der Waals surface area contributed by atoms with Crippen LogP contribution in [0.3, 0.4) is 0 Å². The van der Waals surface area contributed by atoms with Gasteiger partial charge in [0.2, 0.25) is 5.95 Å². The minimum absolute atomic E-state index is 0.0835. The van der Waals surface area contributed by atoms with Crippen LogP contribution in [-0.4, -0.2) is 38.8 Å². The zero-order valence-electron chi connectivity index (χ0n) is 18.8. The van der Waals surface area contributed by atoms with Crippen molar-refractivity contribution in [2.45, 2.75) is 13.3 Å². The van der Waals surface area contributed by atoms with E-state index in [-0.39, 0.29) is 17.7 Å². The number of nitrogens with two attached hydrogens (primary N) is 1. The topological polar surface area (TPSA) is 87.9 Å². The highest BCUT2D eigenvalue weighted by atomic mass is 19.1. The fraction of sp³-hybridized carbons (Fsp3) is 0.148. The summed E-state index contributed by atoms with van der Waals surface area (Å²) in [6.07, 6.45) is 6.23. The Morgan fingerprint density at radius 1 is 1.09 bits per heavy atom. The highest BCUT2D eigenvalue weighted by molar-refractivity contribution is 5.95. The summed E-state index contributed by atoms with van der Waals surface area (Å²) in [7, 11) is 0. The Labute approximate surface area is 197 Å². The number of nitrogen functional groups attached to an aromatic ring is 1. The van der Waals surface area contributed by atoms with Gasteiger partial charge in [0.1, 0.15) is 11.5 Å². The molecule has 2 aromatic heterocycles. The molecule has 5 rings (SSSR count). The zero-order valence-corrected chi connectivity index (χ0v) is 18.8. The van der Waals surface area contributed by atoms with Crippen molar-refractivity contribution >= 4 is 17.4 Å². The summed E-state index contributed by atoms with van der Waals surface area (Å²) < 4.78 is 13.2. The molecule has 0 radical (unpaired) electrons. The minimum Gasteiger partial charge on any atom is -0.368 e. The van der Waals surface area contributed by atoms with Gasteiger partial charge in [0.15, 0.2) is 0 Å². The lowest BCUT2D eigenvalue weighted by Crippen LogP contribution is -2.34. The van der Waals surface area contributed by atoms with Crippen molar-refractivity contribution in [1.29, 1.82) is 0 Å². The number of H-pyrrole nitrogens is 1. The van der Waals surface area contributed by atoms with E-state index in [1.54, 1.807) is 29.4 Å². The molecule has 1 aliphatic heterocycles. The Hall–Kier alpha value is -4.26. The first kappa shape index (κ1) is 21.6. The number of amides is 1. The Balaban J connectivity index is 1.38. The van der Waals surface area contributed by atoms with Crippen molar-refractivity contribution in [3.05, 3.63) is 95.7 Å². The predicted molar refractivity (Wildman–Crippen MR) is 131 cm³/mol. The number of aromatic nitrogens is 3. The van der Waals surface area contributed by atoms with E-state index in [2.05, 4.69) is 21.0 Å². The van der Waals surface area contributed by atoms with Crippen molar-refractivity contribution in [3.8, 4) is 22.4 Å². The molecule has 0 bridgehead atoms. The highest BCUT2D eigenvalue weighted by Gasteiger charge is 2.22. The van der Waals surface area contributed by atoms with E-state index in [0.717, 1.165) is 33.4 Å². The Kier molecular flexibility index (Phi) is 5.67. The van der Waals surface area contributed by atoms with E-state index in [1.165, 1.54) is 12.1 Å². The van der Waals surface area contributed by atoms with Crippen LogP contribution in [-0.2, 0) is 0 Å². The van der Waals surface area contributed by atoms with Crippen LogP contribution in [0.1, 0.15) is 28.0 Å². The van der Waals surface area contributed by atoms with Gasteiger partial charge in [-0.15, -0.1) is 0 Å². The van der Waals surface area contributed by atoms with Gasteiger partial charge in [-0.05, 0) is 48.2 Å². The van der Waals surface area contributed by atoms with Crippen LogP contribution in [0.4, 0.5) is 10.3 Å². The van der Waals surface area contributed by atoms with Gasteiger partial charge in [0.25, 0.3) is 5.91 Å². The third-order valence-electron chi connectivity index (χ3n) is 6.03. The number of aryl methyl sites for hydroxylation is 1. The lowest BCUT2D eigenvalue weighted by Gasteiger charge is -2.26. The van der Waals surface area contributed by atoms with Gasteiger partial charge in [-0.2, -0.15) is 0 Å². The Bertz CT molecular complexity index is 1390. The molecule has 0 atom stereocenters. The smallest absolute Gasteiger partial charge is 0.270 e. The first-order valence-corrected chi connectivity index (χ1v) is 11.1. The monoisotopic (exact) mass is 453 g/mol. The summed E-state index contributed by atoms with van der Waals surface area (Å²) in [6.45, 7) is 3.11. The highest BCUT2D eigenvalue weighted by Crippen LogP contribution is 2.32. The maximum Gasteiger partial charge on any atom is 0.270 e. The van der Waals surface area contributed by atoms with E-state index < -0.39 is 0 Å². The number of nitrogens with zero attached hydrogens (tertiary/aromatic N) is 3. The number of carbonyl (C=O) groups excluding carboxylic acids is 1. The second kappa shape index (κ2) is 8.94. The fourth-order valence-corrected chi connectivity index (χ4v) is 4.24. The van der Waals surface area contributed by atoms with Crippen LogP contribution >= 0.6 is 0 Å². The predicted octanol–water partition coefficient (Wildman–Crippen LogP) is 5.10. The molecule has 1 aliphatic rings. The summed E-state index contributed by atoms with van der Waals surface area (Å²) in [4.78, 5) is 26.7. The van der Waals surface area contributed by atoms with Gasteiger partial charge < -0.3 is 15.6 Å². The van der Waals surface area contributed by atoms with Gasteiger partial charge in [-0.1, -0.05) is 48.0 Å². The first-order valence-electron chi connectivity index (χ1n) is 11.1. The third-order valence-corrected chi connectivity index (χ3v) is 6.03. The normalized spacial score (nSPS) is 13.6. The largest absolute Gasteiger partial charge is 0.368 e. The first-order chi connectivity index (χ1) is 16.5. The van der Waals surface area contributed by atoms with E-state index in [4.69, 9.17) is 5.73 Å². The minimum atomic E-state index is -0.254. The van der Waals surface area contributed by atoms with Crippen LogP contribution in [0, 0.1) is 12.7 Å². The summed E-state index contributed by atoms with van der Waals surface area (Å²) in [5.74, 6) is -0.162. The fourth-order valence-electron chi connectivity index (χ4n) is 4.24. The number of hydrogen-bond donors (Lipinski definition) is 2. The molecule has 0 fully saturated rings. The number of aromatic amines is 1. The summed E-state index contributed by atoms with van der Waals surface area (Å²) in [5, 5.41) is 0. The van der Waals surface area contributed by atoms with Crippen LogP contribution in [0.15, 0.2) is 73.1 Å². The quantitative estimate of drug-likeness (QED) is 0.450. The molecule has 0 saturated carbocycles. The average Bonchev–Trinajstić information content (AvgIpc) is 3.34.